The third kappa shape index (κ3) is 3.32. The SMILES string of the molecule is CCc1ccc(C(Br)C(Br)C(=O)OC)cc1. The number of rotatable bonds is 4. The maximum absolute atomic E-state index is 11.4. The molecule has 4 heteroatoms. The summed E-state index contributed by atoms with van der Waals surface area (Å²) in [6, 6.07) is 8.19. The number of hydrogen-bond acceptors (Lipinski definition) is 2. The van der Waals surface area contributed by atoms with E-state index in [0.717, 1.165) is 12.0 Å². The van der Waals surface area contributed by atoms with Crippen LogP contribution in [-0.4, -0.2) is 17.9 Å². The van der Waals surface area contributed by atoms with Crippen molar-refractivity contribution >= 4 is 37.8 Å². The van der Waals surface area contributed by atoms with Crippen LogP contribution in [0.5, 0.6) is 0 Å². The van der Waals surface area contributed by atoms with E-state index in [-0.39, 0.29) is 15.6 Å². The lowest BCUT2D eigenvalue weighted by Crippen LogP contribution is -2.20. The molecule has 0 spiro atoms. The fourth-order valence-corrected chi connectivity index (χ4v) is 2.35. The number of esters is 1. The molecule has 1 rings (SSSR count). The molecule has 88 valence electrons. The molecule has 0 heterocycles. The van der Waals surface area contributed by atoms with E-state index < -0.39 is 0 Å². The van der Waals surface area contributed by atoms with Gasteiger partial charge in [-0.1, -0.05) is 63.0 Å². The Balaban J connectivity index is 2.79. The van der Waals surface area contributed by atoms with Gasteiger partial charge < -0.3 is 4.74 Å². The van der Waals surface area contributed by atoms with Crippen LogP contribution in [0.1, 0.15) is 22.9 Å². The van der Waals surface area contributed by atoms with Crippen molar-refractivity contribution < 1.29 is 9.53 Å². The highest BCUT2D eigenvalue weighted by Gasteiger charge is 2.25. The van der Waals surface area contributed by atoms with Crippen LogP contribution in [0, 0.1) is 0 Å². The summed E-state index contributed by atoms with van der Waals surface area (Å²) in [5.74, 6) is -0.276. The van der Waals surface area contributed by atoms with Gasteiger partial charge in [-0.25, -0.2) is 0 Å². The molecule has 2 atom stereocenters. The van der Waals surface area contributed by atoms with Crippen molar-refractivity contribution in [2.75, 3.05) is 7.11 Å². The van der Waals surface area contributed by atoms with Crippen molar-refractivity contribution in [2.45, 2.75) is 23.0 Å². The van der Waals surface area contributed by atoms with Crippen molar-refractivity contribution in [2.24, 2.45) is 0 Å². The average Bonchev–Trinajstić information content (AvgIpc) is 2.36. The van der Waals surface area contributed by atoms with Gasteiger partial charge in [0.25, 0.3) is 0 Å². The molecule has 0 amide bonds. The van der Waals surface area contributed by atoms with Gasteiger partial charge >= 0.3 is 5.97 Å². The maximum Gasteiger partial charge on any atom is 0.320 e. The number of hydrogen-bond donors (Lipinski definition) is 0. The second-order valence-corrected chi connectivity index (χ2v) is 5.39. The molecule has 0 N–H and O–H groups in total. The summed E-state index contributed by atoms with van der Waals surface area (Å²) in [6.45, 7) is 2.11. The van der Waals surface area contributed by atoms with Gasteiger partial charge in [-0.2, -0.15) is 0 Å². The van der Waals surface area contributed by atoms with Crippen LogP contribution in [0.15, 0.2) is 24.3 Å². The van der Waals surface area contributed by atoms with E-state index in [0.29, 0.717) is 0 Å². The lowest BCUT2D eigenvalue weighted by atomic mass is 10.1. The Morgan fingerprint density at radius 3 is 2.31 bits per heavy atom. The van der Waals surface area contributed by atoms with Crippen molar-refractivity contribution in [3.63, 3.8) is 0 Å². The van der Waals surface area contributed by atoms with E-state index in [9.17, 15) is 4.79 Å². The molecule has 0 fully saturated rings. The van der Waals surface area contributed by atoms with Gasteiger partial charge in [-0.3, -0.25) is 4.79 Å². The molecular weight excluding hydrogens is 336 g/mol. The first-order valence-corrected chi connectivity index (χ1v) is 6.88. The Morgan fingerprint density at radius 1 is 1.31 bits per heavy atom. The zero-order valence-electron chi connectivity index (χ0n) is 9.24. The van der Waals surface area contributed by atoms with Crippen LogP contribution in [0.3, 0.4) is 0 Å². The van der Waals surface area contributed by atoms with Crippen molar-refractivity contribution in [3.8, 4) is 0 Å². The first kappa shape index (κ1) is 13.7. The van der Waals surface area contributed by atoms with Gasteiger partial charge in [0.05, 0.1) is 11.9 Å². The van der Waals surface area contributed by atoms with Gasteiger partial charge in [0, 0.05) is 0 Å². The van der Waals surface area contributed by atoms with Crippen molar-refractivity contribution in [1.29, 1.82) is 0 Å². The topological polar surface area (TPSA) is 26.3 Å². The van der Waals surface area contributed by atoms with E-state index in [1.54, 1.807) is 0 Å². The highest BCUT2D eigenvalue weighted by molar-refractivity contribution is 9.12. The summed E-state index contributed by atoms with van der Waals surface area (Å²) in [4.78, 5) is 10.9. The third-order valence-corrected chi connectivity index (χ3v) is 5.06. The molecule has 1 aromatic rings. The predicted octanol–water partition coefficient (Wildman–Crippen LogP) is 3.62. The largest absolute Gasteiger partial charge is 0.468 e. The van der Waals surface area contributed by atoms with Gasteiger partial charge in [0.2, 0.25) is 0 Å². The molecule has 0 saturated heterocycles. The molecule has 1 aromatic carbocycles. The summed E-state index contributed by atoms with van der Waals surface area (Å²) in [6.07, 6.45) is 1.02. The molecular formula is C12H14Br2O2. The molecule has 16 heavy (non-hydrogen) atoms. The van der Waals surface area contributed by atoms with Crippen molar-refractivity contribution in [1.82, 2.24) is 0 Å². The zero-order valence-corrected chi connectivity index (χ0v) is 12.4. The van der Waals surface area contributed by atoms with Gasteiger partial charge in [0.15, 0.2) is 0 Å². The molecule has 2 unspecified atom stereocenters. The zero-order chi connectivity index (χ0) is 12.1. The smallest absolute Gasteiger partial charge is 0.320 e. The number of carbonyl (C=O) groups excluding carboxylic acids is 1. The highest BCUT2D eigenvalue weighted by atomic mass is 79.9. The lowest BCUT2D eigenvalue weighted by molar-refractivity contribution is -0.139. The monoisotopic (exact) mass is 348 g/mol. The standard InChI is InChI=1S/C12H14Br2O2/c1-3-8-4-6-9(7-5-8)10(13)11(14)12(15)16-2/h4-7,10-11H,3H2,1-2H3. The number of carbonyl (C=O) groups is 1. The number of ether oxygens (including phenoxy) is 1. The summed E-state index contributed by atoms with van der Waals surface area (Å²) in [7, 11) is 1.39. The third-order valence-electron chi connectivity index (χ3n) is 2.39. The lowest BCUT2D eigenvalue weighted by Gasteiger charge is -2.15. The first-order valence-electron chi connectivity index (χ1n) is 5.05. The minimum Gasteiger partial charge on any atom is -0.468 e. The van der Waals surface area contributed by atoms with E-state index in [1.165, 1.54) is 12.7 Å². The molecule has 0 radical (unpaired) electrons. The fraction of sp³-hybridized carbons (Fsp3) is 0.417. The molecule has 0 aliphatic carbocycles. The number of alkyl halides is 2. The minimum absolute atomic E-state index is 0.0779. The van der Waals surface area contributed by atoms with Crippen LogP contribution in [-0.2, 0) is 16.0 Å². The minimum atomic E-state index is -0.370. The van der Waals surface area contributed by atoms with Crippen molar-refractivity contribution in [3.05, 3.63) is 35.4 Å². The number of halogens is 2. The Hall–Kier alpha value is -0.350. The Morgan fingerprint density at radius 2 is 1.88 bits per heavy atom. The van der Waals surface area contributed by atoms with E-state index in [2.05, 4.69) is 55.7 Å². The second kappa shape index (κ2) is 6.40. The fourth-order valence-electron chi connectivity index (χ4n) is 1.34. The normalized spacial score (nSPS) is 14.2. The highest BCUT2D eigenvalue weighted by Crippen LogP contribution is 2.32. The molecule has 0 bridgehead atoms. The van der Waals surface area contributed by atoms with Gasteiger partial charge in [-0.05, 0) is 17.5 Å². The van der Waals surface area contributed by atoms with E-state index in [4.69, 9.17) is 0 Å². The van der Waals surface area contributed by atoms with Crippen LogP contribution in [0.25, 0.3) is 0 Å². The van der Waals surface area contributed by atoms with Gasteiger partial charge in [-0.15, -0.1) is 0 Å². The summed E-state index contributed by atoms with van der Waals surface area (Å²) >= 11 is 6.81. The quantitative estimate of drug-likeness (QED) is 0.613. The Bertz CT molecular complexity index is 349. The van der Waals surface area contributed by atoms with Crippen LogP contribution in [0.4, 0.5) is 0 Å². The molecule has 0 aliphatic heterocycles. The van der Waals surface area contributed by atoms with E-state index in [1.807, 2.05) is 12.1 Å². The Kier molecular flexibility index (Phi) is 5.49. The summed E-state index contributed by atoms with van der Waals surface area (Å²) in [5.41, 5.74) is 2.34. The molecule has 0 aliphatic rings. The average molecular weight is 350 g/mol. The van der Waals surface area contributed by atoms with Crippen LogP contribution < -0.4 is 0 Å². The van der Waals surface area contributed by atoms with E-state index >= 15 is 0 Å². The molecule has 0 aromatic heterocycles. The molecule has 0 saturated carbocycles. The number of methoxy groups -OCH3 is 1. The van der Waals surface area contributed by atoms with Crippen LogP contribution in [0.2, 0.25) is 0 Å². The first-order chi connectivity index (χ1) is 7.60. The van der Waals surface area contributed by atoms with Crippen LogP contribution >= 0.6 is 31.9 Å². The maximum atomic E-state index is 11.4. The Labute approximate surface area is 113 Å². The predicted molar refractivity (Wildman–Crippen MR) is 72.2 cm³/mol. The summed E-state index contributed by atoms with van der Waals surface area (Å²) < 4.78 is 4.68. The van der Waals surface area contributed by atoms with Gasteiger partial charge in [0.1, 0.15) is 4.83 Å². The summed E-state index contributed by atoms with van der Waals surface area (Å²) in [5, 5.41) is 0. The second-order valence-electron chi connectivity index (χ2n) is 3.42. The number of aryl methyl sites for hydroxylation is 1. The molecule has 2 nitrogen and oxygen atoms in total. The number of benzene rings is 1.